The van der Waals surface area contributed by atoms with Crippen molar-refractivity contribution in [3.05, 3.63) is 80.7 Å². The lowest BCUT2D eigenvalue weighted by Crippen LogP contribution is -2.55. The van der Waals surface area contributed by atoms with Crippen LogP contribution < -0.4 is 27.0 Å². The van der Waals surface area contributed by atoms with Gasteiger partial charge in [-0.25, -0.2) is 9.59 Å². The number of anilines is 4. The van der Waals surface area contributed by atoms with Gasteiger partial charge in [-0.2, -0.15) is 0 Å². The average molecular weight is 756 g/mol. The molecular weight excluding hydrogens is 714 g/mol. The van der Waals surface area contributed by atoms with E-state index >= 15 is 0 Å². The third-order valence-electron chi connectivity index (χ3n) is 8.56. The number of urea groups is 2. The Morgan fingerprint density at radius 2 is 1.67 bits per heavy atom. The molecule has 1 fully saturated rings. The lowest BCUT2D eigenvalue weighted by atomic mass is 10.0. The molecule has 1 atom stereocenters. The van der Waals surface area contributed by atoms with Crippen LogP contribution in [-0.4, -0.2) is 66.0 Å². The van der Waals surface area contributed by atoms with Crippen molar-refractivity contribution in [2.45, 2.75) is 57.5 Å². The van der Waals surface area contributed by atoms with Crippen LogP contribution in [0.15, 0.2) is 69.6 Å². The van der Waals surface area contributed by atoms with E-state index in [1.807, 2.05) is 65.6 Å². The molecule has 0 saturated carbocycles. The maximum Gasteiger partial charge on any atom is 0.322 e. The predicted octanol–water partition coefficient (Wildman–Crippen LogP) is 6.82. The third kappa shape index (κ3) is 8.33. The quantitative estimate of drug-likeness (QED) is 0.115. The van der Waals surface area contributed by atoms with E-state index in [2.05, 4.69) is 60.1 Å². The molecule has 0 aromatic heterocycles. The minimum absolute atomic E-state index is 0.0265. The molecule has 10 nitrogen and oxygen atoms in total. The maximum absolute atomic E-state index is 13.8. The van der Waals surface area contributed by atoms with Crippen molar-refractivity contribution in [1.82, 2.24) is 15.1 Å². The zero-order valence-corrected chi connectivity index (χ0v) is 29.1. The summed E-state index contributed by atoms with van der Waals surface area (Å²) in [5.41, 5.74) is 11.0. The van der Waals surface area contributed by atoms with Crippen molar-refractivity contribution in [3.8, 4) is 0 Å². The summed E-state index contributed by atoms with van der Waals surface area (Å²) in [5, 5.41) is 12.5. The normalized spacial score (nSPS) is 15.8. The smallest absolute Gasteiger partial charge is 0.322 e. The molecule has 0 aliphatic carbocycles. The molecule has 0 radical (unpaired) electrons. The van der Waals surface area contributed by atoms with Crippen LogP contribution in [0.5, 0.6) is 0 Å². The second-order valence-corrected chi connectivity index (χ2v) is 13.5. The number of unbranched alkanes of at least 4 members (excludes halogenated alkanes) is 1. The molecule has 244 valence electrons. The van der Waals surface area contributed by atoms with Gasteiger partial charge in [-0.1, -0.05) is 43.7 Å². The highest BCUT2D eigenvalue weighted by molar-refractivity contribution is 9.11. The largest absolute Gasteiger partial charge is 0.397 e. The molecule has 2 aliphatic heterocycles. The number of benzene rings is 3. The number of hydrogen-bond donors (Lipinski definition) is 5. The van der Waals surface area contributed by atoms with Gasteiger partial charge in [0.1, 0.15) is 6.04 Å². The van der Waals surface area contributed by atoms with Crippen LogP contribution in [0.1, 0.15) is 43.7 Å². The van der Waals surface area contributed by atoms with E-state index in [9.17, 15) is 14.4 Å². The molecule has 0 unspecified atom stereocenters. The molecule has 2 aliphatic rings. The van der Waals surface area contributed by atoms with E-state index in [0.717, 1.165) is 48.3 Å². The lowest BCUT2D eigenvalue weighted by Gasteiger charge is -2.38. The predicted molar refractivity (Wildman–Crippen MR) is 191 cm³/mol. The van der Waals surface area contributed by atoms with Crippen LogP contribution >= 0.6 is 31.9 Å². The SMILES string of the molecule is CCCCNc1ccccc1NC(=O)[C@@H](Cc1cc(Br)c(N)c(Br)c1)NC(=O)N1CCC(N2CCc3ccccc3NC2=O)CC1. The number of nitrogen functional groups attached to an aromatic ring is 1. The Labute approximate surface area is 287 Å². The van der Waals surface area contributed by atoms with Gasteiger partial charge in [-0.15, -0.1) is 0 Å². The number of carbonyl (C=O) groups excluding carboxylic acids is 3. The number of fused-ring (bicyclic) bond motifs is 1. The van der Waals surface area contributed by atoms with Crippen LogP contribution in [0.4, 0.5) is 32.3 Å². The number of hydrogen-bond acceptors (Lipinski definition) is 5. The Morgan fingerprint density at radius 3 is 2.39 bits per heavy atom. The van der Waals surface area contributed by atoms with Gasteiger partial charge >= 0.3 is 12.1 Å². The molecule has 2 heterocycles. The fourth-order valence-corrected chi connectivity index (χ4v) is 7.21. The molecule has 3 aromatic carbocycles. The van der Waals surface area contributed by atoms with Gasteiger partial charge in [0.05, 0.1) is 17.1 Å². The highest BCUT2D eigenvalue weighted by Gasteiger charge is 2.33. The number of carbonyl (C=O) groups is 3. The monoisotopic (exact) mass is 753 g/mol. The number of nitrogens with one attached hydrogen (secondary N) is 4. The molecule has 5 amide bonds. The summed E-state index contributed by atoms with van der Waals surface area (Å²) in [6, 6.07) is 17.9. The first-order valence-electron chi connectivity index (χ1n) is 15.8. The van der Waals surface area contributed by atoms with Crippen molar-refractivity contribution >= 4 is 72.6 Å². The van der Waals surface area contributed by atoms with E-state index in [1.54, 1.807) is 4.90 Å². The molecule has 6 N–H and O–H groups in total. The minimum Gasteiger partial charge on any atom is -0.397 e. The second kappa shape index (κ2) is 15.7. The van der Waals surface area contributed by atoms with Crippen LogP contribution in [0.25, 0.3) is 0 Å². The summed E-state index contributed by atoms with van der Waals surface area (Å²) in [4.78, 5) is 44.1. The topological polar surface area (TPSA) is 132 Å². The van der Waals surface area contributed by atoms with E-state index in [-0.39, 0.29) is 30.4 Å². The van der Waals surface area contributed by atoms with Gasteiger partial charge in [-0.3, -0.25) is 4.79 Å². The summed E-state index contributed by atoms with van der Waals surface area (Å²) in [5.74, 6) is -0.321. The van der Waals surface area contributed by atoms with Crippen LogP contribution in [0.2, 0.25) is 0 Å². The van der Waals surface area contributed by atoms with Crippen molar-refractivity contribution in [2.75, 3.05) is 47.9 Å². The van der Waals surface area contributed by atoms with Crippen LogP contribution in [-0.2, 0) is 17.6 Å². The number of nitrogens with zero attached hydrogens (tertiary/aromatic N) is 2. The van der Waals surface area contributed by atoms with Crippen molar-refractivity contribution in [3.63, 3.8) is 0 Å². The van der Waals surface area contributed by atoms with E-state index in [1.165, 1.54) is 0 Å². The van der Waals surface area contributed by atoms with Crippen molar-refractivity contribution in [2.24, 2.45) is 0 Å². The first-order valence-corrected chi connectivity index (χ1v) is 17.4. The highest BCUT2D eigenvalue weighted by Crippen LogP contribution is 2.31. The number of piperidine rings is 1. The molecule has 5 rings (SSSR count). The lowest BCUT2D eigenvalue weighted by molar-refractivity contribution is -0.118. The molecule has 3 aromatic rings. The first-order chi connectivity index (χ1) is 22.2. The van der Waals surface area contributed by atoms with Gasteiger partial charge in [0.2, 0.25) is 5.91 Å². The van der Waals surface area contributed by atoms with Gasteiger partial charge in [0.25, 0.3) is 0 Å². The van der Waals surface area contributed by atoms with Crippen molar-refractivity contribution < 1.29 is 14.4 Å². The van der Waals surface area contributed by atoms with Crippen LogP contribution in [0.3, 0.4) is 0 Å². The second-order valence-electron chi connectivity index (χ2n) is 11.7. The van der Waals surface area contributed by atoms with Crippen molar-refractivity contribution in [1.29, 1.82) is 0 Å². The minimum atomic E-state index is -0.855. The van der Waals surface area contributed by atoms with E-state index in [4.69, 9.17) is 5.73 Å². The highest BCUT2D eigenvalue weighted by atomic mass is 79.9. The molecule has 12 heteroatoms. The Hall–Kier alpha value is -3.77. The number of halogens is 2. The van der Waals surface area contributed by atoms with E-state index < -0.39 is 6.04 Å². The molecule has 0 bridgehead atoms. The molecule has 46 heavy (non-hydrogen) atoms. The fourth-order valence-electron chi connectivity index (χ4n) is 5.92. The number of nitrogens with two attached hydrogens (primary N) is 1. The first kappa shape index (κ1) is 33.6. The molecule has 0 spiro atoms. The van der Waals surface area contributed by atoms with Gasteiger partial charge in [0.15, 0.2) is 0 Å². The standard InChI is InChI=1S/C34H41Br2N7O3/c1-2-3-15-38-28-10-6-7-11-29(28)39-32(44)30(21-22-19-25(35)31(37)26(36)20-22)41-33(45)42-16-13-24(14-17-42)43-18-12-23-8-4-5-9-27(23)40-34(43)46/h4-11,19-20,24,30,38H,2-3,12-18,21,37H2,1H3,(H,39,44)(H,40,46)(H,41,45)/t30-/m1/s1. The zero-order valence-electron chi connectivity index (χ0n) is 26.0. The summed E-state index contributed by atoms with van der Waals surface area (Å²) >= 11 is 6.99. The third-order valence-corrected chi connectivity index (χ3v) is 9.87. The van der Waals surface area contributed by atoms with Gasteiger partial charge in [0, 0.05) is 53.3 Å². The Kier molecular flexibility index (Phi) is 11.5. The molecule has 1 saturated heterocycles. The zero-order chi connectivity index (χ0) is 32.6. The average Bonchev–Trinajstić information content (AvgIpc) is 3.22. The summed E-state index contributed by atoms with van der Waals surface area (Å²) in [6.45, 7) is 4.50. The van der Waals surface area contributed by atoms with Gasteiger partial charge < -0.3 is 36.8 Å². The summed E-state index contributed by atoms with van der Waals surface area (Å²) < 4.78 is 1.41. The number of para-hydroxylation sites is 3. The number of rotatable bonds is 10. The summed E-state index contributed by atoms with van der Waals surface area (Å²) in [7, 11) is 0. The fraction of sp³-hybridized carbons (Fsp3) is 0.382. The maximum atomic E-state index is 13.8. The Balaban J connectivity index is 1.26. The molecular formula is C34H41Br2N7O3. The Bertz CT molecular complexity index is 1540. The summed E-state index contributed by atoms with van der Waals surface area (Å²) in [6.07, 6.45) is 4.41. The Morgan fingerprint density at radius 1 is 1.00 bits per heavy atom. The van der Waals surface area contributed by atoms with E-state index in [0.29, 0.717) is 52.8 Å². The van der Waals surface area contributed by atoms with Crippen LogP contribution in [0, 0.1) is 0 Å². The number of likely N-dealkylation sites (tertiary alicyclic amines) is 1. The van der Waals surface area contributed by atoms with Gasteiger partial charge in [-0.05, 0) is 99.0 Å². The number of amides is 5.